The van der Waals surface area contributed by atoms with Gasteiger partial charge in [0.15, 0.2) is 0 Å². The van der Waals surface area contributed by atoms with Crippen LogP contribution >= 0.6 is 0 Å². The lowest BCUT2D eigenvalue weighted by Crippen LogP contribution is -2.03. The minimum Gasteiger partial charge on any atom is -0.507 e. The van der Waals surface area contributed by atoms with Crippen LogP contribution < -0.4 is 4.74 Å². The van der Waals surface area contributed by atoms with Gasteiger partial charge in [0.2, 0.25) is 0 Å². The van der Waals surface area contributed by atoms with Gasteiger partial charge in [0.05, 0.1) is 18.4 Å². The van der Waals surface area contributed by atoms with Gasteiger partial charge in [-0.3, -0.25) is 4.99 Å². The molecule has 0 aliphatic carbocycles. The van der Waals surface area contributed by atoms with Crippen LogP contribution in [0.2, 0.25) is 0 Å². The van der Waals surface area contributed by atoms with Gasteiger partial charge in [-0.25, -0.2) is 0 Å². The van der Waals surface area contributed by atoms with Crippen LogP contribution in [0.3, 0.4) is 0 Å². The molecule has 2 rings (SSSR count). The molecule has 6 heteroatoms. The molecule has 0 aliphatic heterocycles. The molecular formula is C15H12F3NO2. The maximum absolute atomic E-state index is 12.4. The predicted molar refractivity (Wildman–Crippen MR) is 73.4 cm³/mol. The zero-order chi connectivity index (χ0) is 15.5. The Morgan fingerprint density at radius 2 is 1.76 bits per heavy atom. The van der Waals surface area contributed by atoms with Crippen molar-refractivity contribution >= 4 is 11.9 Å². The quantitative estimate of drug-likeness (QED) is 0.863. The number of alkyl halides is 3. The van der Waals surface area contributed by atoms with E-state index in [0.29, 0.717) is 17.0 Å². The zero-order valence-corrected chi connectivity index (χ0v) is 11.1. The van der Waals surface area contributed by atoms with Gasteiger partial charge in [-0.2, -0.15) is 13.2 Å². The molecule has 0 saturated heterocycles. The average molecular weight is 295 g/mol. The Kier molecular flexibility index (Phi) is 4.16. The summed E-state index contributed by atoms with van der Waals surface area (Å²) in [5.41, 5.74) is 0.0325. The number of aromatic hydroxyl groups is 1. The number of phenols is 1. The third kappa shape index (κ3) is 3.75. The molecule has 3 nitrogen and oxygen atoms in total. The Hall–Kier alpha value is -2.50. The SMILES string of the molecule is COc1ccc(O)c(C=Nc2ccc(C(F)(F)F)cc2)c1. The second-order valence-electron chi connectivity index (χ2n) is 4.23. The van der Waals surface area contributed by atoms with Gasteiger partial charge in [0, 0.05) is 11.8 Å². The van der Waals surface area contributed by atoms with E-state index in [0.717, 1.165) is 12.1 Å². The molecule has 0 bridgehead atoms. The van der Waals surface area contributed by atoms with Gasteiger partial charge in [0.25, 0.3) is 0 Å². The van der Waals surface area contributed by atoms with Crippen molar-refractivity contribution in [2.24, 2.45) is 4.99 Å². The lowest BCUT2D eigenvalue weighted by atomic mass is 10.2. The minimum absolute atomic E-state index is 0.00598. The summed E-state index contributed by atoms with van der Waals surface area (Å²) in [6, 6.07) is 9.05. The third-order valence-electron chi connectivity index (χ3n) is 2.78. The van der Waals surface area contributed by atoms with E-state index in [2.05, 4.69) is 4.99 Å². The Bertz CT molecular complexity index is 649. The molecule has 0 aromatic heterocycles. The first kappa shape index (κ1) is 14.9. The Morgan fingerprint density at radius 3 is 2.33 bits per heavy atom. The van der Waals surface area contributed by atoms with Crippen LogP contribution in [0.15, 0.2) is 47.5 Å². The summed E-state index contributed by atoms with van der Waals surface area (Å²) < 4.78 is 42.3. The first-order valence-corrected chi connectivity index (χ1v) is 5.98. The van der Waals surface area contributed by atoms with Crippen molar-refractivity contribution < 1.29 is 23.0 Å². The lowest BCUT2D eigenvalue weighted by molar-refractivity contribution is -0.137. The fourth-order valence-corrected chi connectivity index (χ4v) is 1.64. The number of halogens is 3. The van der Waals surface area contributed by atoms with Crippen LogP contribution in [0.5, 0.6) is 11.5 Å². The standard InChI is InChI=1S/C15H12F3NO2/c1-21-13-6-7-14(20)10(8-13)9-19-12-4-2-11(3-5-12)15(16,17)18/h2-9,20H,1H3. The highest BCUT2D eigenvalue weighted by Gasteiger charge is 2.29. The smallest absolute Gasteiger partial charge is 0.416 e. The number of rotatable bonds is 3. The first-order chi connectivity index (χ1) is 9.90. The second-order valence-corrected chi connectivity index (χ2v) is 4.23. The molecule has 110 valence electrons. The topological polar surface area (TPSA) is 41.8 Å². The van der Waals surface area contributed by atoms with Gasteiger partial charge in [-0.05, 0) is 42.5 Å². The molecule has 0 fully saturated rings. The summed E-state index contributed by atoms with van der Waals surface area (Å²) in [4.78, 5) is 4.03. The molecule has 0 saturated carbocycles. The molecule has 2 aromatic carbocycles. The number of aliphatic imine (C=N–C) groups is 1. The number of hydrogen-bond donors (Lipinski definition) is 1. The number of methoxy groups -OCH3 is 1. The minimum atomic E-state index is -4.37. The Morgan fingerprint density at radius 1 is 1.10 bits per heavy atom. The molecule has 2 aromatic rings. The van der Waals surface area contributed by atoms with E-state index >= 15 is 0 Å². The molecule has 1 N–H and O–H groups in total. The highest BCUT2D eigenvalue weighted by atomic mass is 19.4. The molecule has 0 radical (unpaired) electrons. The van der Waals surface area contributed by atoms with Gasteiger partial charge in [-0.15, -0.1) is 0 Å². The van der Waals surface area contributed by atoms with E-state index in [-0.39, 0.29) is 5.75 Å². The maximum atomic E-state index is 12.4. The van der Waals surface area contributed by atoms with Crippen molar-refractivity contribution in [2.75, 3.05) is 7.11 Å². The van der Waals surface area contributed by atoms with E-state index in [1.165, 1.54) is 31.5 Å². The number of benzene rings is 2. The van der Waals surface area contributed by atoms with E-state index in [4.69, 9.17) is 4.74 Å². The summed E-state index contributed by atoms with van der Waals surface area (Å²) in [6.07, 6.45) is -3.01. The average Bonchev–Trinajstić information content (AvgIpc) is 2.46. The maximum Gasteiger partial charge on any atom is 0.416 e. The van der Waals surface area contributed by atoms with Crippen molar-refractivity contribution in [1.82, 2.24) is 0 Å². The molecule has 0 heterocycles. The monoisotopic (exact) mass is 295 g/mol. The van der Waals surface area contributed by atoms with Crippen LogP contribution in [0.1, 0.15) is 11.1 Å². The Labute approximate surface area is 119 Å². The normalized spacial score (nSPS) is 11.8. The molecule has 0 unspecified atom stereocenters. The number of nitrogens with zero attached hydrogens (tertiary/aromatic N) is 1. The zero-order valence-electron chi connectivity index (χ0n) is 11.1. The van der Waals surface area contributed by atoms with Crippen molar-refractivity contribution in [3.8, 4) is 11.5 Å². The largest absolute Gasteiger partial charge is 0.507 e. The van der Waals surface area contributed by atoms with Gasteiger partial charge in [0.1, 0.15) is 11.5 Å². The molecule has 21 heavy (non-hydrogen) atoms. The van der Waals surface area contributed by atoms with Gasteiger partial charge >= 0.3 is 6.18 Å². The van der Waals surface area contributed by atoms with E-state index < -0.39 is 11.7 Å². The summed E-state index contributed by atoms with van der Waals surface area (Å²) in [5.74, 6) is 0.549. The van der Waals surface area contributed by atoms with Crippen LogP contribution in [-0.4, -0.2) is 18.4 Å². The van der Waals surface area contributed by atoms with Crippen LogP contribution in [0.25, 0.3) is 0 Å². The van der Waals surface area contributed by atoms with Crippen molar-refractivity contribution in [3.05, 3.63) is 53.6 Å². The summed E-state index contributed by atoms with van der Waals surface area (Å²) in [5, 5.41) is 9.66. The molecular weight excluding hydrogens is 283 g/mol. The highest BCUT2D eigenvalue weighted by Crippen LogP contribution is 2.30. The molecule has 0 aliphatic rings. The number of ether oxygens (including phenoxy) is 1. The number of hydrogen-bond acceptors (Lipinski definition) is 3. The predicted octanol–water partition coefficient (Wildman–Crippen LogP) is 4.17. The molecule has 0 amide bonds. The van der Waals surface area contributed by atoms with E-state index in [1.54, 1.807) is 12.1 Å². The fourth-order valence-electron chi connectivity index (χ4n) is 1.64. The van der Waals surface area contributed by atoms with Crippen LogP contribution in [0, 0.1) is 0 Å². The number of phenolic OH excluding ortho intramolecular Hbond substituents is 1. The summed E-state index contributed by atoms with van der Waals surface area (Å²) in [7, 11) is 1.49. The molecule has 0 atom stereocenters. The van der Waals surface area contributed by atoms with Crippen LogP contribution in [0.4, 0.5) is 18.9 Å². The lowest BCUT2D eigenvalue weighted by Gasteiger charge is -2.06. The molecule has 0 spiro atoms. The van der Waals surface area contributed by atoms with E-state index in [1.807, 2.05) is 0 Å². The van der Waals surface area contributed by atoms with Gasteiger partial charge < -0.3 is 9.84 Å². The second kappa shape index (κ2) is 5.87. The third-order valence-corrected chi connectivity index (χ3v) is 2.78. The van der Waals surface area contributed by atoms with Crippen molar-refractivity contribution in [1.29, 1.82) is 0 Å². The highest BCUT2D eigenvalue weighted by molar-refractivity contribution is 5.85. The van der Waals surface area contributed by atoms with Gasteiger partial charge in [-0.1, -0.05) is 0 Å². The van der Waals surface area contributed by atoms with E-state index in [9.17, 15) is 18.3 Å². The van der Waals surface area contributed by atoms with Crippen LogP contribution in [-0.2, 0) is 6.18 Å². The first-order valence-electron chi connectivity index (χ1n) is 5.98. The van der Waals surface area contributed by atoms with Crippen molar-refractivity contribution in [3.63, 3.8) is 0 Å². The van der Waals surface area contributed by atoms with Crippen molar-refractivity contribution in [2.45, 2.75) is 6.18 Å². The summed E-state index contributed by atoms with van der Waals surface area (Å²) >= 11 is 0. The Balaban J connectivity index is 2.21. The fraction of sp³-hybridized carbons (Fsp3) is 0.133. The summed E-state index contributed by atoms with van der Waals surface area (Å²) in [6.45, 7) is 0.